The van der Waals surface area contributed by atoms with Crippen molar-refractivity contribution in [3.05, 3.63) is 23.9 Å². The number of likely N-dealkylation sites (tertiary alicyclic amines) is 1. The fraction of sp³-hybridized carbons (Fsp3) is 0.500. The first kappa shape index (κ1) is 14.5. The number of nitrogens with one attached hydrogen (secondary N) is 1. The van der Waals surface area contributed by atoms with E-state index in [2.05, 4.69) is 10.3 Å². The number of carbonyl (C=O) groups excluding carboxylic acids is 2. The van der Waals surface area contributed by atoms with Gasteiger partial charge < -0.3 is 10.1 Å². The van der Waals surface area contributed by atoms with Gasteiger partial charge in [0.1, 0.15) is 0 Å². The van der Waals surface area contributed by atoms with Crippen molar-refractivity contribution in [2.45, 2.75) is 38.9 Å². The van der Waals surface area contributed by atoms with Crippen molar-refractivity contribution in [3.8, 4) is 5.88 Å². The van der Waals surface area contributed by atoms with Crippen LogP contribution in [0.25, 0.3) is 0 Å². The Labute approximate surface area is 118 Å². The molecule has 1 aliphatic heterocycles. The number of methoxy groups -OCH3 is 1. The second kappa shape index (κ2) is 6.00. The third-order valence-corrected chi connectivity index (χ3v) is 3.26. The van der Waals surface area contributed by atoms with Crippen LogP contribution in [-0.4, -0.2) is 40.9 Å². The van der Waals surface area contributed by atoms with Gasteiger partial charge in [-0.1, -0.05) is 6.07 Å². The van der Waals surface area contributed by atoms with Gasteiger partial charge >= 0.3 is 0 Å². The molecule has 0 spiro atoms. The van der Waals surface area contributed by atoms with Crippen molar-refractivity contribution in [1.29, 1.82) is 0 Å². The first-order valence-electron chi connectivity index (χ1n) is 6.61. The number of hydrogen-bond donors (Lipinski definition) is 1. The molecule has 0 aliphatic carbocycles. The van der Waals surface area contributed by atoms with Gasteiger partial charge in [0, 0.05) is 24.8 Å². The maximum atomic E-state index is 12.1. The van der Waals surface area contributed by atoms with Gasteiger partial charge in [0.2, 0.25) is 17.7 Å². The lowest BCUT2D eigenvalue weighted by Gasteiger charge is -2.19. The zero-order chi connectivity index (χ0) is 14.7. The van der Waals surface area contributed by atoms with E-state index in [9.17, 15) is 9.59 Å². The molecule has 2 amide bonds. The molecule has 1 saturated heterocycles. The highest BCUT2D eigenvalue weighted by atomic mass is 16.5. The van der Waals surface area contributed by atoms with E-state index in [1.807, 2.05) is 19.9 Å². The molecule has 2 rings (SSSR count). The molecule has 1 atom stereocenters. The Morgan fingerprint density at radius 2 is 2.20 bits per heavy atom. The number of ether oxygens (including phenoxy) is 1. The fourth-order valence-corrected chi connectivity index (χ4v) is 2.23. The minimum atomic E-state index is -0.438. The lowest BCUT2D eigenvalue weighted by molar-refractivity contribution is -0.140. The summed E-state index contributed by atoms with van der Waals surface area (Å²) in [5, 5.41) is 3.11. The van der Waals surface area contributed by atoms with Gasteiger partial charge in [0.25, 0.3) is 0 Å². The first-order valence-corrected chi connectivity index (χ1v) is 6.61. The van der Waals surface area contributed by atoms with Crippen LogP contribution in [0.2, 0.25) is 0 Å². The Bertz CT molecular complexity index is 499. The van der Waals surface area contributed by atoms with Crippen molar-refractivity contribution >= 4 is 11.8 Å². The first-order chi connectivity index (χ1) is 9.52. The molecule has 2 heterocycles. The Kier molecular flexibility index (Phi) is 4.34. The van der Waals surface area contributed by atoms with E-state index in [0.717, 1.165) is 5.56 Å². The number of pyridine rings is 1. The molecule has 0 saturated carbocycles. The molecule has 1 N–H and O–H groups in total. The smallest absolute Gasteiger partial charge is 0.247 e. The number of rotatable bonds is 5. The van der Waals surface area contributed by atoms with E-state index >= 15 is 0 Å². The van der Waals surface area contributed by atoms with E-state index < -0.39 is 6.04 Å². The van der Waals surface area contributed by atoms with Crippen molar-refractivity contribution < 1.29 is 14.3 Å². The van der Waals surface area contributed by atoms with Crippen LogP contribution in [0.5, 0.6) is 5.88 Å². The topological polar surface area (TPSA) is 71.5 Å². The minimum Gasteiger partial charge on any atom is -0.481 e. The zero-order valence-electron chi connectivity index (χ0n) is 11.9. The normalized spacial score (nSPS) is 19.0. The quantitative estimate of drug-likeness (QED) is 0.803. The molecule has 1 aromatic heterocycles. The van der Waals surface area contributed by atoms with Crippen molar-refractivity contribution in [3.63, 3.8) is 0 Å². The second-order valence-electron chi connectivity index (χ2n) is 5.04. The van der Waals surface area contributed by atoms with Gasteiger partial charge in [-0.05, 0) is 19.4 Å². The summed E-state index contributed by atoms with van der Waals surface area (Å²) in [6, 6.07) is 3.11. The van der Waals surface area contributed by atoms with Crippen molar-refractivity contribution in [1.82, 2.24) is 15.2 Å². The van der Waals surface area contributed by atoms with Crippen LogP contribution in [0.15, 0.2) is 18.3 Å². The maximum Gasteiger partial charge on any atom is 0.247 e. The molecule has 1 aliphatic rings. The van der Waals surface area contributed by atoms with Gasteiger partial charge in [-0.3, -0.25) is 14.5 Å². The van der Waals surface area contributed by atoms with Crippen molar-refractivity contribution in [2.24, 2.45) is 0 Å². The molecule has 1 unspecified atom stereocenters. The molecule has 0 aromatic carbocycles. The third-order valence-electron chi connectivity index (χ3n) is 3.26. The van der Waals surface area contributed by atoms with E-state index in [1.165, 1.54) is 4.90 Å². The third kappa shape index (κ3) is 2.96. The number of nitrogens with zero attached hydrogens (tertiary/aromatic N) is 2. The molecule has 0 radical (unpaired) electrons. The summed E-state index contributed by atoms with van der Waals surface area (Å²) in [5.41, 5.74) is 0.939. The zero-order valence-corrected chi connectivity index (χ0v) is 11.9. The summed E-state index contributed by atoms with van der Waals surface area (Å²) in [6.45, 7) is 4.17. The number of hydrogen-bond acceptors (Lipinski definition) is 5. The van der Waals surface area contributed by atoms with E-state index in [4.69, 9.17) is 4.74 Å². The Morgan fingerprint density at radius 1 is 1.45 bits per heavy atom. The van der Waals surface area contributed by atoms with Gasteiger partial charge in [0.15, 0.2) is 0 Å². The Hall–Kier alpha value is -1.95. The molecule has 1 fully saturated rings. The summed E-state index contributed by atoms with van der Waals surface area (Å²) in [4.78, 5) is 29.3. The molecule has 0 bridgehead atoms. The van der Waals surface area contributed by atoms with Crippen LogP contribution in [-0.2, 0) is 16.1 Å². The van der Waals surface area contributed by atoms with Gasteiger partial charge in [0.05, 0.1) is 19.6 Å². The molecule has 108 valence electrons. The van der Waals surface area contributed by atoms with Crippen LogP contribution >= 0.6 is 0 Å². The maximum absolute atomic E-state index is 12.1. The largest absolute Gasteiger partial charge is 0.481 e. The number of amides is 2. The predicted octanol–water partition coefficient (Wildman–Crippen LogP) is 0.716. The van der Waals surface area contributed by atoms with Crippen molar-refractivity contribution in [2.75, 3.05) is 7.11 Å². The molecule has 6 nitrogen and oxygen atoms in total. The van der Waals surface area contributed by atoms with E-state index in [-0.39, 0.29) is 24.3 Å². The van der Waals surface area contributed by atoms with E-state index in [0.29, 0.717) is 12.4 Å². The monoisotopic (exact) mass is 277 g/mol. The lowest BCUT2D eigenvalue weighted by Crippen LogP contribution is -2.41. The summed E-state index contributed by atoms with van der Waals surface area (Å²) < 4.78 is 4.98. The summed E-state index contributed by atoms with van der Waals surface area (Å²) >= 11 is 0. The highest BCUT2D eigenvalue weighted by Crippen LogP contribution is 2.16. The Morgan fingerprint density at radius 3 is 2.70 bits per heavy atom. The highest BCUT2D eigenvalue weighted by Gasteiger charge is 2.39. The van der Waals surface area contributed by atoms with Crippen LogP contribution in [0.3, 0.4) is 0 Å². The van der Waals surface area contributed by atoms with Crippen LogP contribution in [0, 0.1) is 0 Å². The summed E-state index contributed by atoms with van der Waals surface area (Å²) in [7, 11) is 1.56. The van der Waals surface area contributed by atoms with Crippen LogP contribution < -0.4 is 10.1 Å². The molecule has 1 aromatic rings. The fourth-order valence-electron chi connectivity index (χ4n) is 2.23. The Balaban J connectivity index is 1.94. The summed E-state index contributed by atoms with van der Waals surface area (Å²) in [5.74, 6) is 0.286. The molecular weight excluding hydrogens is 258 g/mol. The van der Waals surface area contributed by atoms with Gasteiger partial charge in [-0.15, -0.1) is 0 Å². The average Bonchev–Trinajstić information content (AvgIpc) is 2.71. The highest BCUT2D eigenvalue weighted by molar-refractivity contribution is 6.05. The number of aromatic nitrogens is 1. The minimum absolute atomic E-state index is 0.0931. The van der Waals surface area contributed by atoms with Gasteiger partial charge in [-0.2, -0.15) is 0 Å². The van der Waals surface area contributed by atoms with Crippen LogP contribution in [0.4, 0.5) is 0 Å². The molecule has 20 heavy (non-hydrogen) atoms. The SMILES string of the molecule is COc1ccc(CNC2CC(=O)N(C(C)C)C2=O)cn1. The predicted molar refractivity (Wildman–Crippen MR) is 73.0 cm³/mol. The molecular formula is C14H19N3O3. The van der Waals surface area contributed by atoms with E-state index in [1.54, 1.807) is 19.4 Å². The van der Waals surface area contributed by atoms with Gasteiger partial charge in [-0.25, -0.2) is 4.98 Å². The van der Waals surface area contributed by atoms with Crippen LogP contribution in [0.1, 0.15) is 25.8 Å². The summed E-state index contributed by atoms with van der Waals surface area (Å²) in [6.07, 6.45) is 1.91. The molecule has 6 heteroatoms. The average molecular weight is 277 g/mol. The number of carbonyl (C=O) groups is 2. The lowest BCUT2D eigenvalue weighted by atomic mass is 10.2. The number of imide groups is 1. The standard InChI is InChI=1S/C14H19N3O3/c1-9(2)17-13(18)6-11(14(17)19)15-7-10-4-5-12(20-3)16-8-10/h4-5,8-9,11,15H,6-7H2,1-3H3. The second-order valence-corrected chi connectivity index (χ2v) is 5.04.